The van der Waals surface area contributed by atoms with Gasteiger partial charge in [0, 0.05) is 23.8 Å². The molecule has 146 valence electrons. The maximum atomic E-state index is 13.1. The lowest BCUT2D eigenvalue weighted by Gasteiger charge is -2.27. The van der Waals surface area contributed by atoms with E-state index in [1.165, 1.54) is 0 Å². The molecule has 0 fully saturated rings. The van der Waals surface area contributed by atoms with Gasteiger partial charge in [0.25, 0.3) is 15.9 Å². The molecule has 0 saturated carbocycles. The molecular formula is C21H22N2O3S2. The van der Waals surface area contributed by atoms with Gasteiger partial charge in [-0.15, -0.1) is 11.3 Å². The van der Waals surface area contributed by atoms with Crippen molar-refractivity contribution in [1.82, 2.24) is 4.90 Å². The van der Waals surface area contributed by atoms with E-state index in [9.17, 15) is 13.2 Å². The molecule has 0 unspecified atom stereocenters. The first-order valence-electron chi connectivity index (χ1n) is 8.88. The number of nitrogens with one attached hydrogen (secondary N) is 1. The number of benzene rings is 2. The van der Waals surface area contributed by atoms with Crippen molar-refractivity contribution in [2.45, 2.75) is 30.6 Å². The molecule has 2 aromatic carbocycles. The standard InChI is InChI=1S/C21H22N2O3S2/c1-16(2)23(15-17-8-4-3-5-9-17)21(24)18-10-6-11-19(14-18)22-28(25,26)20-12-7-13-27-20/h3-14,16,22H,15H2,1-2H3. The summed E-state index contributed by atoms with van der Waals surface area (Å²) in [4.78, 5) is 14.9. The Morgan fingerprint density at radius 2 is 1.79 bits per heavy atom. The number of rotatable bonds is 7. The van der Waals surface area contributed by atoms with E-state index in [0.717, 1.165) is 16.9 Å². The van der Waals surface area contributed by atoms with Crippen LogP contribution in [0, 0.1) is 0 Å². The Labute approximate surface area is 169 Å². The van der Waals surface area contributed by atoms with Gasteiger partial charge >= 0.3 is 0 Å². The fraction of sp³-hybridized carbons (Fsp3) is 0.190. The first-order chi connectivity index (χ1) is 13.4. The number of nitrogens with zero attached hydrogens (tertiary/aromatic N) is 1. The molecule has 0 atom stereocenters. The number of amides is 1. The summed E-state index contributed by atoms with van der Waals surface area (Å²) in [6, 6.07) is 19.6. The Hall–Kier alpha value is -2.64. The lowest BCUT2D eigenvalue weighted by Crippen LogP contribution is -2.36. The Kier molecular flexibility index (Phi) is 6.16. The number of carbonyl (C=O) groups is 1. The lowest BCUT2D eigenvalue weighted by molar-refractivity contribution is 0.0690. The van der Waals surface area contributed by atoms with Crippen molar-refractivity contribution in [3.05, 3.63) is 83.2 Å². The zero-order chi connectivity index (χ0) is 20.1. The molecule has 0 spiro atoms. The molecule has 1 N–H and O–H groups in total. The molecular weight excluding hydrogens is 392 g/mol. The van der Waals surface area contributed by atoms with E-state index in [1.54, 1.807) is 46.7 Å². The highest BCUT2D eigenvalue weighted by molar-refractivity contribution is 7.94. The smallest absolute Gasteiger partial charge is 0.271 e. The summed E-state index contributed by atoms with van der Waals surface area (Å²) in [5.41, 5.74) is 1.85. The Morgan fingerprint density at radius 1 is 1.04 bits per heavy atom. The van der Waals surface area contributed by atoms with Crippen LogP contribution < -0.4 is 4.72 Å². The van der Waals surface area contributed by atoms with Gasteiger partial charge in [0.1, 0.15) is 4.21 Å². The maximum absolute atomic E-state index is 13.1. The Balaban J connectivity index is 1.82. The first-order valence-corrected chi connectivity index (χ1v) is 11.2. The van der Waals surface area contributed by atoms with Crippen molar-refractivity contribution < 1.29 is 13.2 Å². The molecule has 0 aliphatic rings. The van der Waals surface area contributed by atoms with Crippen molar-refractivity contribution in [2.75, 3.05) is 4.72 Å². The topological polar surface area (TPSA) is 66.5 Å². The molecule has 7 heteroatoms. The average molecular weight is 415 g/mol. The second kappa shape index (κ2) is 8.58. The molecule has 1 amide bonds. The van der Waals surface area contributed by atoms with E-state index in [4.69, 9.17) is 0 Å². The minimum absolute atomic E-state index is 0.000766. The van der Waals surface area contributed by atoms with E-state index in [1.807, 2.05) is 44.2 Å². The van der Waals surface area contributed by atoms with E-state index in [2.05, 4.69) is 4.72 Å². The fourth-order valence-electron chi connectivity index (χ4n) is 2.77. The van der Waals surface area contributed by atoms with Crippen LogP contribution in [0.25, 0.3) is 0 Å². The van der Waals surface area contributed by atoms with Gasteiger partial charge in [-0.05, 0) is 49.1 Å². The summed E-state index contributed by atoms with van der Waals surface area (Å²) in [5, 5.41) is 1.71. The maximum Gasteiger partial charge on any atom is 0.271 e. The van der Waals surface area contributed by atoms with E-state index in [0.29, 0.717) is 17.8 Å². The monoisotopic (exact) mass is 414 g/mol. The van der Waals surface area contributed by atoms with Gasteiger partial charge in [-0.2, -0.15) is 0 Å². The second-order valence-corrected chi connectivity index (χ2v) is 9.49. The predicted octanol–water partition coefficient (Wildman–Crippen LogP) is 4.60. The number of thiophene rings is 1. The summed E-state index contributed by atoms with van der Waals surface area (Å²) in [5.74, 6) is -0.143. The summed E-state index contributed by atoms with van der Waals surface area (Å²) in [6.45, 7) is 4.41. The zero-order valence-corrected chi connectivity index (χ0v) is 17.3. The van der Waals surface area contributed by atoms with Crippen LogP contribution >= 0.6 is 11.3 Å². The second-order valence-electron chi connectivity index (χ2n) is 6.63. The first kappa shape index (κ1) is 20.1. The number of hydrogen-bond acceptors (Lipinski definition) is 4. The van der Waals surface area contributed by atoms with Gasteiger partial charge in [-0.3, -0.25) is 9.52 Å². The van der Waals surface area contributed by atoms with E-state index in [-0.39, 0.29) is 16.2 Å². The minimum Gasteiger partial charge on any atom is -0.332 e. The third-order valence-electron chi connectivity index (χ3n) is 4.20. The summed E-state index contributed by atoms with van der Waals surface area (Å²) in [7, 11) is -3.65. The average Bonchev–Trinajstić information content (AvgIpc) is 3.22. The molecule has 0 radical (unpaired) electrons. The molecule has 3 aromatic rings. The quantitative estimate of drug-likeness (QED) is 0.614. The highest BCUT2D eigenvalue weighted by Crippen LogP contribution is 2.22. The zero-order valence-electron chi connectivity index (χ0n) is 15.7. The van der Waals surface area contributed by atoms with Crippen LogP contribution in [0.15, 0.2) is 76.3 Å². The van der Waals surface area contributed by atoms with Crippen LogP contribution in [0.4, 0.5) is 5.69 Å². The lowest BCUT2D eigenvalue weighted by atomic mass is 10.1. The van der Waals surface area contributed by atoms with Gasteiger partial charge in [0.2, 0.25) is 0 Å². The summed E-state index contributed by atoms with van der Waals surface area (Å²) in [6.07, 6.45) is 0. The van der Waals surface area contributed by atoms with Crippen LogP contribution in [-0.2, 0) is 16.6 Å². The van der Waals surface area contributed by atoms with Crippen molar-refractivity contribution in [3.8, 4) is 0 Å². The van der Waals surface area contributed by atoms with Crippen LogP contribution in [0.5, 0.6) is 0 Å². The summed E-state index contributed by atoms with van der Waals surface area (Å²) >= 11 is 1.14. The van der Waals surface area contributed by atoms with Gasteiger partial charge in [-0.1, -0.05) is 42.5 Å². The molecule has 0 aliphatic carbocycles. The van der Waals surface area contributed by atoms with Gasteiger partial charge in [-0.25, -0.2) is 8.42 Å². The van der Waals surface area contributed by atoms with Gasteiger partial charge in [0.05, 0.1) is 0 Å². The number of sulfonamides is 1. The van der Waals surface area contributed by atoms with Gasteiger partial charge in [0.15, 0.2) is 0 Å². The predicted molar refractivity (Wildman–Crippen MR) is 113 cm³/mol. The minimum atomic E-state index is -3.65. The molecule has 1 heterocycles. The van der Waals surface area contributed by atoms with Gasteiger partial charge < -0.3 is 4.90 Å². The van der Waals surface area contributed by atoms with Crippen molar-refractivity contribution in [1.29, 1.82) is 0 Å². The largest absolute Gasteiger partial charge is 0.332 e. The van der Waals surface area contributed by atoms with Crippen LogP contribution in [0.3, 0.4) is 0 Å². The molecule has 0 aliphatic heterocycles. The fourth-order valence-corrected chi connectivity index (χ4v) is 4.81. The molecule has 28 heavy (non-hydrogen) atoms. The molecule has 5 nitrogen and oxygen atoms in total. The van der Waals surface area contributed by atoms with E-state index < -0.39 is 10.0 Å². The third-order valence-corrected chi connectivity index (χ3v) is 6.98. The Morgan fingerprint density at radius 3 is 2.43 bits per heavy atom. The van der Waals surface area contributed by atoms with Crippen molar-refractivity contribution in [3.63, 3.8) is 0 Å². The highest BCUT2D eigenvalue weighted by atomic mass is 32.2. The SMILES string of the molecule is CC(C)N(Cc1ccccc1)C(=O)c1cccc(NS(=O)(=O)c2cccs2)c1. The highest BCUT2D eigenvalue weighted by Gasteiger charge is 2.21. The van der Waals surface area contributed by atoms with Crippen molar-refractivity contribution in [2.24, 2.45) is 0 Å². The Bertz CT molecular complexity index is 1030. The van der Waals surface area contributed by atoms with Crippen molar-refractivity contribution >= 4 is 33.0 Å². The van der Waals surface area contributed by atoms with Crippen LogP contribution in [0.1, 0.15) is 29.8 Å². The number of hydrogen-bond donors (Lipinski definition) is 1. The van der Waals surface area contributed by atoms with Crippen LogP contribution in [0.2, 0.25) is 0 Å². The molecule has 0 bridgehead atoms. The number of anilines is 1. The molecule has 0 saturated heterocycles. The number of carbonyl (C=O) groups excluding carboxylic acids is 1. The third kappa shape index (κ3) is 4.79. The summed E-state index contributed by atoms with van der Waals surface area (Å²) < 4.78 is 27.6. The molecule has 3 rings (SSSR count). The van der Waals surface area contributed by atoms with Crippen LogP contribution in [-0.4, -0.2) is 25.3 Å². The molecule has 1 aromatic heterocycles. The van der Waals surface area contributed by atoms with E-state index >= 15 is 0 Å². The normalized spacial score (nSPS) is 11.4.